The molecular formula is C19H19N3O2. The van der Waals surface area contributed by atoms with E-state index >= 15 is 0 Å². The predicted octanol–water partition coefficient (Wildman–Crippen LogP) is 2.90. The topological polar surface area (TPSA) is 76.4 Å². The molecule has 0 aliphatic heterocycles. The monoisotopic (exact) mass is 321 g/mol. The van der Waals surface area contributed by atoms with Crippen molar-refractivity contribution in [3.63, 3.8) is 0 Å². The van der Waals surface area contributed by atoms with E-state index in [0.717, 1.165) is 24.2 Å². The molecule has 0 bridgehead atoms. The maximum Gasteiger partial charge on any atom is 0.254 e. The van der Waals surface area contributed by atoms with E-state index in [9.17, 15) is 9.90 Å². The van der Waals surface area contributed by atoms with Gasteiger partial charge in [-0.15, -0.1) is 0 Å². The first-order chi connectivity index (χ1) is 11.7. The highest BCUT2D eigenvalue weighted by Gasteiger charge is 2.32. The van der Waals surface area contributed by atoms with Crippen molar-refractivity contribution >= 4 is 17.3 Å². The molecule has 0 saturated heterocycles. The summed E-state index contributed by atoms with van der Waals surface area (Å²) in [5.74, 6) is -0.0463. The van der Waals surface area contributed by atoms with Gasteiger partial charge in [0.25, 0.3) is 5.91 Å². The van der Waals surface area contributed by atoms with Crippen LogP contribution in [0.1, 0.15) is 28.8 Å². The number of hydrogen-bond donors (Lipinski definition) is 2. The zero-order valence-corrected chi connectivity index (χ0v) is 13.3. The quantitative estimate of drug-likeness (QED) is 0.858. The molecule has 3 rings (SSSR count). The fraction of sp³-hybridized carbons (Fsp3) is 0.263. The van der Waals surface area contributed by atoms with Gasteiger partial charge in [0.15, 0.2) is 0 Å². The molecule has 2 N–H and O–H groups in total. The minimum absolute atomic E-state index is 0.0224. The van der Waals surface area contributed by atoms with Crippen LogP contribution in [0.3, 0.4) is 0 Å². The number of amides is 1. The largest absolute Gasteiger partial charge is 0.395 e. The molecule has 1 saturated carbocycles. The van der Waals surface area contributed by atoms with Gasteiger partial charge >= 0.3 is 0 Å². The summed E-state index contributed by atoms with van der Waals surface area (Å²) in [6.07, 6.45) is 2.02. The summed E-state index contributed by atoms with van der Waals surface area (Å²) < 4.78 is 0. The average molecular weight is 321 g/mol. The predicted molar refractivity (Wildman–Crippen MR) is 92.0 cm³/mol. The summed E-state index contributed by atoms with van der Waals surface area (Å²) in [6.45, 7) is 0.349. The van der Waals surface area contributed by atoms with Crippen LogP contribution in [0.4, 0.5) is 11.4 Å². The highest BCUT2D eigenvalue weighted by Crippen LogP contribution is 2.28. The van der Waals surface area contributed by atoms with E-state index in [0.29, 0.717) is 17.7 Å². The van der Waals surface area contributed by atoms with Crippen LogP contribution in [0.15, 0.2) is 48.5 Å². The highest BCUT2D eigenvalue weighted by molar-refractivity contribution is 5.95. The van der Waals surface area contributed by atoms with Crippen LogP contribution >= 0.6 is 0 Å². The third kappa shape index (κ3) is 3.73. The number of aliphatic hydroxyl groups is 1. The maximum atomic E-state index is 12.7. The van der Waals surface area contributed by atoms with Gasteiger partial charge in [-0.25, -0.2) is 0 Å². The fourth-order valence-corrected chi connectivity index (χ4v) is 2.63. The maximum absolute atomic E-state index is 12.7. The number of hydrogen-bond acceptors (Lipinski definition) is 4. The molecule has 1 fully saturated rings. The Hall–Kier alpha value is -2.84. The molecule has 0 spiro atoms. The van der Waals surface area contributed by atoms with Crippen LogP contribution in [-0.2, 0) is 0 Å². The van der Waals surface area contributed by atoms with Gasteiger partial charge in [-0.2, -0.15) is 5.26 Å². The number of aliphatic hydroxyl groups excluding tert-OH is 1. The smallest absolute Gasteiger partial charge is 0.254 e. The SMILES string of the molecule is N#Cc1ccc(Nc2cccc(C(=O)N(CCO)C3CC3)c2)cc1. The van der Waals surface area contributed by atoms with Crippen molar-refractivity contribution in [2.75, 3.05) is 18.5 Å². The second-order valence-corrected chi connectivity index (χ2v) is 5.85. The van der Waals surface area contributed by atoms with Gasteiger partial charge in [-0.05, 0) is 55.3 Å². The van der Waals surface area contributed by atoms with Crippen molar-refractivity contribution < 1.29 is 9.90 Å². The number of rotatable bonds is 6. The van der Waals surface area contributed by atoms with Crippen LogP contribution in [0.2, 0.25) is 0 Å². The highest BCUT2D eigenvalue weighted by atomic mass is 16.3. The van der Waals surface area contributed by atoms with Crippen molar-refractivity contribution in [1.29, 1.82) is 5.26 Å². The van der Waals surface area contributed by atoms with E-state index in [1.54, 1.807) is 23.1 Å². The lowest BCUT2D eigenvalue weighted by atomic mass is 10.1. The lowest BCUT2D eigenvalue weighted by Gasteiger charge is -2.21. The third-order valence-electron chi connectivity index (χ3n) is 4.00. The van der Waals surface area contributed by atoms with Gasteiger partial charge in [0.1, 0.15) is 0 Å². The molecule has 2 aromatic carbocycles. The van der Waals surface area contributed by atoms with Crippen molar-refractivity contribution in [3.05, 3.63) is 59.7 Å². The van der Waals surface area contributed by atoms with Gasteiger partial charge < -0.3 is 15.3 Å². The van der Waals surface area contributed by atoms with Gasteiger partial charge in [0, 0.05) is 29.5 Å². The Bertz CT molecular complexity index is 761. The minimum Gasteiger partial charge on any atom is -0.395 e. The van der Waals surface area contributed by atoms with E-state index < -0.39 is 0 Å². The zero-order valence-electron chi connectivity index (χ0n) is 13.3. The van der Waals surface area contributed by atoms with Crippen molar-refractivity contribution in [2.24, 2.45) is 0 Å². The number of nitrogens with one attached hydrogen (secondary N) is 1. The number of carbonyl (C=O) groups is 1. The third-order valence-corrected chi connectivity index (χ3v) is 4.00. The number of anilines is 2. The van der Waals surface area contributed by atoms with Crippen LogP contribution in [0.25, 0.3) is 0 Å². The molecule has 5 nitrogen and oxygen atoms in total. The first kappa shape index (κ1) is 16.0. The Morgan fingerprint density at radius 2 is 1.96 bits per heavy atom. The van der Waals surface area contributed by atoms with E-state index in [1.807, 2.05) is 30.3 Å². The standard InChI is InChI=1S/C19H19N3O2/c20-13-14-4-6-16(7-5-14)21-17-3-1-2-15(12-17)19(24)22(10-11-23)18-8-9-18/h1-7,12,18,21,23H,8-11H2. The van der Waals surface area contributed by atoms with Crippen LogP contribution in [0, 0.1) is 11.3 Å². The number of nitriles is 1. The van der Waals surface area contributed by atoms with Crippen LogP contribution in [-0.4, -0.2) is 35.1 Å². The molecule has 0 heterocycles. The summed E-state index contributed by atoms with van der Waals surface area (Å²) in [5.41, 5.74) is 2.88. The lowest BCUT2D eigenvalue weighted by molar-refractivity contribution is 0.0707. The molecule has 0 aromatic heterocycles. The molecular weight excluding hydrogens is 302 g/mol. The lowest BCUT2D eigenvalue weighted by Crippen LogP contribution is -2.35. The Balaban J connectivity index is 1.75. The molecule has 1 aliphatic carbocycles. The minimum atomic E-state index is -0.0463. The van der Waals surface area contributed by atoms with Gasteiger partial charge in [-0.3, -0.25) is 4.79 Å². The van der Waals surface area contributed by atoms with Crippen LogP contribution in [0.5, 0.6) is 0 Å². The normalized spacial score (nSPS) is 13.2. The van der Waals surface area contributed by atoms with Crippen molar-refractivity contribution in [1.82, 2.24) is 4.90 Å². The Kier molecular flexibility index (Phi) is 4.78. The molecule has 0 radical (unpaired) electrons. The van der Waals surface area contributed by atoms with E-state index in [4.69, 9.17) is 5.26 Å². The van der Waals surface area contributed by atoms with Crippen molar-refractivity contribution in [3.8, 4) is 6.07 Å². The fourth-order valence-electron chi connectivity index (χ4n) is 2.63. The summed E-state index contributed by atoms with van der Waals surface area (Å²) in [4.78, 5) is 14.4. The second kappa shape index (κ2) is 7.16. The van der Waals surface area contributed by atoms with Gasteiger partial charge in [0.05, 0.1) is 18.2 Å². The number of carbonyl (C=O) groups excluding carboxylic acids is 1. The molecule has 5 heteroatoms. The molecule has 2 aromatic rings. The van der Waals surface area contributed by atoms with Gasteiger partial charge in [-0.1, -0.05) is 6.07 Å². The molecule has 1 amide bonds. The number of nitrogens with zero attached hydrogens (tertiary/aromatic N) is 2. The first-order valence-corrected chi connectivity index (χ1v) is 8.00. The van der Waals surface area contributed by atoms with Crippen molar-refractivity contribution in [2.45, 2.75) is 18.9 Å². The number of benzene rings is 2. The Morgan fingerprint density at radius 3 is 2.58 bits per heavy atom. The summed E-state index contributed by atoms with van der Waals surface area (Å²) in [7, 11) is 0. The summed E-state index contributed by atoms with van der Waals surface area (Å²) in [6, 6.07) is 16.8. The van der Waals surface area contributed by atoms with E-state index in [2.05, 4.69) is 11.4 Å². The molecule has 24 heavy (non-hydrogen) atoms. The van der Waals surface area contributed by atoms with Gasteiger partial charge in [0.2, 0.25) is 0 Å². The molecule has 122 valence electrons. The Labute approximate surface area is 141 Å². The molecule has 1 aliphatic rings. The molecule has 0 unspecified atom stereocenters. The first-order valence-electron chi connectivity index (χ1n) is 8.00. The zero-order chi connectivity index (χ0) is 16.9. The summed E-state index contributed by atoms with van der Waals surface area (Å²) in [5, 5.41) is 21.2. The molecule has 0 atom stereocenters. The van der Waals surface area contributed by atoms with Crippen LogP contribution < -0.4 is 5.32 Å². The van der Waals surface area contributed by atoms with E-state index in [1.165, 1.54) is 0 Å². The average Bonchev–Trinajstić information content (AvgIpc) is 3.45. The van der Waals surface area contributed by atoms with E-state index in [-0.39, 0.29) is 18.6 Å². The summed E-state index contributed by atoms with van der Waals surface area (Å²) >= 11 is 0. The second-order valence-electron chi connectivity index (χ2n) is 5.85. The Morgan fingerprint density at radius 1 is 1.21 bits per heavy atom.